The molecule has 0 fully saturated rings. The summed E-state index contributed by atoms with van der Waals surface area (Å²) in [7, 11) is 2.00. The molecule has 2 aliphatic heterocycles. The Bertz CT molecular complexity index is 661. The topological polar surface area (TPSA) is 58.8 Å². The smallest absolute Gasteiger partial charge is 0.252 e. The van der Waals surface area contributed by atoms with E-state index in [1.54, 1.807) is 11.3 Å². The maximum Gasteiger partial charge on any atom is 0.252 e. The van der Waals surface area contributed by atoms with E-state index in [0.717, 1.165) is 22.0 Å². The Morgan fingerprint density at radius 3 is 2.59 bits per heavy atom. The number of likely N-dealkylation sites (N-methyl/N-ethyl adjacent to an activating group) is 1. The maximum atomic E-state index is 12.2. The molecule has 120 valence electrons. The Morgan fingerprint density at radius 1 is 1.36 bits per heavy atom. The number of carbonyl (C=O) groups is 1. The Hall–Kier alpha value is -1.37. The number of ether oxygens (including phenoxy) is 1. The maximum absolute atomic E-state index is 12.2. The second-order valence-electron chi connectivity index (χ2n) is 7.07. The third-order valence-electron chi connectivity index (χ3n) is 4.11. The van der Waals surface area contributed by atoms with Gasteiger partial charge in [-0.2, -0.15) is 0 Å². The van der Waals surface area contributed by atoms with E-state index >= 15 is 0 Å². The predicted molar refractivity (Wildman–Crippen MR) is 89.0 cm³/mol. The first-order chi connectivity index (χ1) is 10.1. The molecule has 0 unspecified atom stereocenters. The molecule has 0 spiro atoms. The summed E-state index contributed by atoms with van der Waals surface area (Å²) in [4.78, 5) is 13.3. The average molecular weight is 321 g/mol. The fraction of sp³-hybridized carbons (Fsp3) is 0.562. The van der Waals surface area contributed by atoms with Gasteiger partial charge in [0.2, 0.25) is 0 Å². The number of hydrazine groups is 1. The fourth-order valence-electron chi connectivity index (χ4n) is 3.45. The molecule has 0 saturated heterocycles. The molecule has 2 N–H and O–H groups in total. The van der Waals surface area contributed by atoms with Gasteiger partial charge in [0, 0.05) is 31.1 Å². The number of hydrogen-bond acceptors (Lipinski definition) is 5. The summed E-state index contributed by atoms with van der Waals surface area (Å²) in [5.41, 5.74) is 6.68. The van der Waals surface area contributed by atoms with Crippen LogP contribution in [0.1, 0.15) is 48.5 Å². The van der Waals surface area contributed by atoms with Crippen LogP contribution in [0.15, 0.2) is 12.3 Å². The minimum Gasteiger partial charge on any atom is -0.365 e. The zero-order valence-corrected chi connectivity index (χ0v) is 14.6. The minimum absolute atomic E-state index is 0.314. The van der Waals surface area contributed by atoms with Gasteiger partial charge in [-0.1, -0.05) is 6.08 Å². The molecule has 0 saturated carbocycles. The number of thiophene rings is 1. The van der Waals surface area contributed by atoms with Gasteiger partial charge < -0.3 is 10.5 Å². The van der Waals surface area contributed by atoms with E-state index in [0.29, 0.717) is 12.0 Å². The molecule has 2 aliphatic rings. The zero-order valence-electron chi connectivity index (χ0n) is 13.8. The molecule has 0 aromatic carbocycles. The van der Waals surface area contributed by atoms with E-state index in [1.165, 1.54) is 0 Å². The molecule has 0 bridgehead atoms. The SMILES string of the molecule is CN1CC=CN1c1sc2c(c1C(N)=O)CC(C)(C)OC2(C)C. The van der Waals surface area contributed by atoms with Crippen LogP contribution >= 0.6 is 11.3 Å². The van der Waals surface area contributed by atoms with Crippen LogP contribution < -0.4 is 10.7 Å². The lowest BCUT2D eigenvalue weighted by Crippen LogP contribution is -2.42. The van der Waals surface area contributed by atoms with E-state index in [-0.39, 0.29) is 11.5 Å². The highest BCUT2D eigenvalue weighted by atomic mass is 32.1. The van der Waals surface area contributed by atoms with Crippen LogP contribution in [0, 0.1) is 0 Å². The summed E-state index contributed by atoms with van der Waals surface area (Å²) in [5.74, 6) is -0.366. The Morgan fingerprint density at radius 2 is 2.05 bits per heavy atom. The Kier molecular flexibility index (Phi) is 3.39. The first-order valence-electron chi connectivity index (χ1n) is 7.45. The highest BCUT2D eigenvalue weighted by Gasteiger charge is 2.43. The van der Waals surface area contributed by atoms with E-state index in [9.17, 15) is 4.79 Å². The quantitative estimate of drug-likeness (QED) is 0.909. The van der Waals surface area contributed by atoms with E-state index < -0.39 is 5.60 Å². The molecular weight excluding hydrogens is 298 g/mol. The number of anilines is 1. The summed E-state index contributed by atoms with van der Waals surface area (Å²) in [5, 5.41) is 4.96. The number of rotatable bonds is 2. The van der Waals surface area contributed by atoms with Crippen molar-refractivity contribution in [2.24, 2.45) is 5.73 Å². The van der Waals surface area contributed by atoms with Gasteiger partial charge in [0.15, 0.2) is 0 Å². The number of fused-ring (bicyclic) bond motifs is 1. The highest BCUT2D eigenvalue weighted by Crippen LogP contribution is 2.49. The van der Waals surface area contributed by atoms with Gasteiger partial charge in [0.1, 0.15) is 5.00 Å². The van der Waals surface area contributed by atoms with Crippen molar-refractivity contribution >= 4 is 22.2 Å². The van der Waals surface area contributed by atoms with Gasteiger partial charge in [-0.05, 0) is 33.3 Å². The lowest BCUT2D eigenvalue weighted by molar-refractivity contribution is -0.135. The standard InChI is InChI=1S/C16H23N3O2S/c1-15(2)9-10-11(13(17)20)14(19-8-6-7-18(19)5)22-12(10)16(3,4)21-15/h6,8H,7,9H2,1-5H3,(H2,17,20). The molecule has 3 rings (SSSR count). The molecule has 0 atom stereocenters. The van der Waals surface area contributed by atoms with Crippen LogP contribution in [0.2, 0.25) is 0 Å². The van der Waals surface area contributed by atoms with Gasteiger partial charge in [0.05, 0.1) is 16.8 Å². The third kappa shape index (κ3) is 2.35. The van der Waals surface area contributed by atoms with Crippen LogP contribution in [-0.4, -0.2) is 30.1 Å². The van der Waals surface area contributed by atoms with Crippen molar-refractivity contribution in [2.45, 2.75) is 45.3 Å². The molecule has 5 nitrogen and oxygen atoms in total. The van der Waals surface area contributed by atoms with Crippen LogP contribution in [0.3, 0.4) is 0 Å². The summed E-state index contributed by atoms with van der Waals surface area (Å²) < 4.78 is 6.23. The van der Waals surface area contributed by atoms with Crippen LogP contribution in [-0.2, 0) is 16.8 Å². The van der Waals surface area contributed by atoms with Crippen molar-refractivity contribution in [3.63, 3.8) is 0 Å². The largest absolute Gasteiger partial charge is 0.365 e. The molecule has 1 amide bonds. The number of hydrogen-bond donors (Lipinski definition) is 1. The first kappa shape index (κ1) is 15.5. The average Bonchev–Trinajstić information content (AvgIpc) is 2.89. The van der Waals surface area contributed by atoms with Gasteiger partial charge in [0.25, 0.3) is 5.91 Å². The number of amides is 1. The van der Waals surface area contributed by atoms with E-state index in [2.05, 4.69) is 38.8 Å². The van der Waals surface area contributed by atoms with Crippen molar-refractivity contribution < 1.29 is 9.53 Å². The molecule has 6 heteroatoms. The fourth-order valence-corrected chi connectivity index (χ4v) is 4.84. The second-order valence-corrected chi connectivity index (χ2v) is 8.07. The van der Waals surface area contributed by atoms with Crippen molar-refractivity contribution in [1.29, 1.82) is 0 Å². The van der Waals surface area contributed by atoms with Crippen LogP contribution in [0.5, 0.6) is 0 Å². The van der Waals surface area contributed by atoms with Crippen molar-refractivity contribution in [3.05, 3.63) is 28.3 Å². The minimum atomic E-state index is -0.424. The summed E-state index contributed by atoms with van der Waals surface area (Å²) in [6.45, 7) is 9.05. The van der Waals surface area contributed by atoms with Crippen molar-refractivity contribution in [2.75, 3.05) is 18.6 Å². The molecule has 1 aromatic rings. The lowest BCUT2D eigenvalue weighted by atomic mass is 9.86. The summed E-state index contributed by atoms with van der Waals surface area (Å²) in [6, 6.07) is 0. The van der Waals surface area contributed by atoms with Gasteiger partial charge in [-0.15, -0.1) is 11.3 Å². The van der Waals surface area contributed by atoms with Gasteiger partial charge >= 0.3 is 0 Å². The molecule has 22 heavy (non-hydrogen) atoms. The molecule has 1 aromatic heterocycles. The summed E-state index contributed by atoms with van der Waals surface area (Å²) >= 11 is 1.61. The number of nitrogens with two attached hydrogens (primary N) is 1. The van der Waals surface area contributed by atoms with Crippen molar-refractivity contribution in [3.8, 4) is 0 Å². The first-order valence-corrected chi connectivity index (χ1v) is 8.27. The summed E-state index contributed by atoms with van der Waals surface area (Å²) in [6.07, 6.45) is 4.75. The zero-order chi connectivity index (χ0) is 16.3. The van der Waals surface area contributed by atoms with Gasteiger partial charge in [-0.3, -0.25) is 9.80 Å². The molecule has 3 heterocycles. The Balaban J connectivity index is 2.21. The number of carbonyl (C=O) groups excluding carboxylic acids is 1. The highest BCUT2D eigenvalue weighted by molar-refractivity contribution is 7.17. The normalized spacial score (nSPS) is 22.9. The van der Waals surface area contributed by atoms with E-state index in [1.807, 2.05) is 18.3 Å². The molecule has 0 radical (unpaired) electrons. The Labute approximate surface area is 135 Å². The van der Waals surface area contributed by atoms with Crippen molar-refractivity contribution in [1.82, 2.24) is 5.01 Å². The van der Waals surface area contributed by atoms with Crippen LogP contribution in [0.4, 0.5) is 5.00 Å². The number of primary amides is 1. The van der Waals surface area contributed by atoms with E-state index in [4.69, 9.17) is 10.5 Å². The lowest BCUT2D eigenvalue weighted by Gasteiger charge is -2.41. The van der Waals surface area contributed by atoms with Gasteiger partial charge in [-0.25, -0.2) is 5.01 Å². The number of nitrogens with zero attached hydrogens (tertiary/aromatic N) is 2. The molecular formula is C16H23N3O2S. The predicted octanol–water partition coefficient (Wildman–Crippen LogP) is 2.61. The van der Waals surface area contributed by atoms with Crippen LogP contribution in [0.25, 0.3) is 0 Å². The third-order valence-corrected chi connectivity index (χ3v) is 5.63. The monoisotopic (exact) mass is 321 g/mol. The molecule has 0 aliphatic carbocycles. The second kappa shape index (κ2) is 4.81.